The van der Waals surface area contributed by atoms with Crippen LogP contribution in [-0.4, -0.2) is 41.4 Å². The van der Waals surface area contributed by atoms with E-state index < -0.39 is 41.0 Å². The number of ether oxygens (including phenoxy) is 4. The van der Waals surface area contributed by atoms with Gasteiger partial charge in [-0.1, -0.05) is 19.1 Å². The molecule has 1 fully saturated rings. The molecule has 2 unspecified atom stereocenters. The Hall–Kier alpha value is -3.11. The third-order valence-corrected chi connectivity index (χ3v) is 5.40. The van der Waals surface area contributed by atoms with Crippen LogP contribution >= 0.6 is 0 Å². The molecule has 0 aromatic heterocycles. The van der Waals surface area contributed by atoms with Crippen molar-refractivity contribution in [3.8, 4) is 0 Å². The van der Waals surface area contributed by atoms with Crippen molar-refractivity contribution in [1.82, 2.24) is 0 Å². The van der Waals surface area contributed by atoms with E-state index in [0.29, 0.717) is 17.0 Å². The summed E-state index contributed by atoms with van der Waals surface area (Å²) in [4.78, 5) is 41.4. The fraction of sp³-hybridized carbons (Fsp3) is 0.500. The van der Waals surface area contributed by atoms with Gasteiger partial charge in [0, 0.05) is 35.9 Å². The number of rotatable bonds is 7. The number of hydrogen-bond acceptors (Lipinski definition) is 9. The number of nitro benzene ring substituents is 1. The first-order valence-electron chi connectivity index (χ1n) is 10.4. The van der Waals surface area contributed by atoms with Crippen molar-refractivity contribution >= 4 is 23.3 Å². The Morgan fingerprint density at radius 3 is 2.50 bits per heavy atom. The van der Waals surface area contributed by atoms with E-state index >= 15 is 0 Å². The van der Waals surface area contributed by atoms with Crippen molar-refractivity contribution in [2.45, 2.75) is 59.2 Å². The molecule has 2 atom stereocenters. The van der Waals surface area contributed by atoms with Crippen molar-refractivity contribution in [3.63, 3.8) is 0 Å². The van der Waals surface area contributed by atoms with Crippen LogP contribution in [0.25, 0.3) is 0 Å². The van der Waals surface area contributed by atoms with Crippen LogP contribution in [0.3, 0.4) is 0 Å². The topological polar surface area (TPSA) is 127 Å². The average Bonchev–Trinajstić information content (AvgIpc) is 2.71. The summed E-state index contributed by atoms with van der Waals surface area (Å²) >= 11 is 0. The number of non-ortho nitro benzene ring substituents is 1. The fourth-order valence-electron chi connectivity index (χ4n) is 4.03. The highest BCUT2D eigenvalue weighted by atomic mass is 17.0. The molecule has 1 aromatic rings. The smallest absolute Gasteiger partial charge is 0.340 e. The van der Waals surface area contributed by atoms with Gasteiger partial charge in [0.05, 0.1) is 17.1 Å². The second-order valence-corrected chi connectivity index (χ2v) is 7.54. The predicted octanol–water partition coefficient (Wildman–Crippen LogP) is 3.61. The summed E-state index contributed by atoms with van der Waals surface area (Å²) in [5.74, 6) is -4.74. The Kier molecular flexibility index (Phi) is 6.75. The van der Waals surface area contributed by atoms with E-state index in [-0.39, 0.29) is 24.3 Å². The molecule has 0 spiro atoms. The summed E-state index contributed by atoms with van der Waals surface area (Å²) in [6.07, 6.45) is -0.273. The van der Waals surface area contributed by atoms with Crippen molar-refractivity contribution in [3.05, 3.63) is 51.2 Å². The van der Waals surface area contributed by atoms with Crippen molar-refractivity contribution < 1.29 is 33.5 Å². The maximum Gasteiger partial charge on any atom is 0.340 e. The molecule has 2 heterocycles. The lowest BCUT2D eigenvalue weighted by Gasteiger charge is -2.44. The zero-order valence-corrected chi connectivity index (χ0v) is 18.6. The lowest BCUT2D eigenvalue weighted by atomic mass is 9.75. The number of carbonyl (C=O) groups excluding carboxylic acids is 2. The minimum Gasteiger partial charge on any atom is -0.465 e. The van der Waals surface area contributed by atoms with E-state index in [1.54, 1.807) is 40.7 Å². The average molecular weight is 446 g/mol. The zero-order chi connectivity index (χ0) is 23.6. The maximum absolute atomic E-state index is 13.3. The van der Waals surface area contributed by atoms with Gasteiger partial charge in [-0.3, -0.25) is 29.4 Å². The summed E-state index contributed by atoms with van der Waals surface area (Å²) in [5, 5.41) is 11.4. The highest BCUT2D eigenvalue weighted by Crippen LogP contribution is 2.43. The molecule has 2 aliphatic rings. The summed E-state index contributed by atoms with van der Waals surface area (Å²) < 4.78 is 21.8. The largest absolute Gasteiger partial charge is 0.465 e. The van der Waals surface area contributed by atoms with E-state index in [4.69, 9.17) is 18.9 Å². The third kappa shape index (κ3) is 4.42. The van der Waals surface area contributed by atoms with Crippen LogP contribution in [0.5, 0.6) is 0 Å². The molecule has 0 radical (unpaired) electrons. The van der Waals surface area contributed by atoms with Crippen LogP contribution in [0.2, 0.25) is 0 Å². The Balaban J connectivity index is 2.09. The minimum absolute atomic E-state index is 0.0914. The van der Waals surface area contributed by atoms with Crippen LogP contribution in [0.15, 0.2) is 40.5 Å². The van der Waals surface area contributed by atoms with Crippen molar-refractivity contribution in [2.75, 3.05) is 6.61 Å². The van der Waals surface area contributed by atoms with Gasteiger partial charge in [-0.15, -0.1) is 0 Å². The molecule has 1 aromatic carbocycles. The number of nitro groups is 1. The third-order valence-electron chi connectivity index (χ3n) is 5.40. The molecule has 172 valence electrons. The summed E-state index contributed by atoms with van der Waals surface area (Å²) in [5.41, 5.74) is 1.09. The molecule has 1 saturated heterocycles. The molecule has 10 heteroatoms. The molecule has 0 amide bonds. The second-order valence-electron chi connectivity index (χ2n) is 7.54. The highest BCUT2D eigenvalue weighted by molar-refractivity contribution is 6.07. The summed E-state index contributed by atoms with van der Waals surface area (Å²) in [7, 11) is 0. The predicted molar refractivity (Wildman–Crippen MR) is 113 cm³/mol. The number of allylic oxidation sites excluding steroid dienone is 1. The number of esters is 2. The first-order chi connectivity index (χ1) is 15.1. The normalized spacial score (nSPS) is 27.3. The van der Waals surface area contributed by atoms with Crippen LogP contribution in [0, 0.1) is 16.0 Å². The Morgan fingerprint density at radius 1 is 1.25 bits per heavy atom. The second kappa shape index (κ2) is 9.17. The summed E-state index contributed by atoms with van der Waals surface area (Å²) in [6.45, 7) is 8.49. The number of benzene rings is 1. The Labute approximate surface area is 185 Å². The van der Waals surface area contributed by atoms with E-state index in [0.717, 1.165) is 0 Å². The first kappa shape index (κ1) is 23.6. The van der Waals surface area contributed by atoms with Gasteiger partial charge in [-0.25, -0.2) is 4.79 Å². The lowest BCUT2D eigenvalue weighted by Crippen LogP contribution is -2.55. The van der Waals surface area contributed by atoms with Gasteiger partial charge in [0.25, 0.3) is 5.69 Å². The molecule has 3 rings (SSSR count). The standard InChI is InChI=1S/C22H26N2O8/c1-6-22(30-14(5)31-22)32-21(26)18-13(4)23-12(3)17(20(25)29-7-2)19(18)15-9-8-10-16(11-15)24(27)28/h8-11,14,17,19H,6-7H2,1-5H3. The van der Waals surface area contributed by atoms with Crippen LogP contribution in [-0.2, 0) is 28.5 Å². The molecular formula is C22H26N2O8. The van der Waals surface area contributed by atoms with E-state index in [9.17, 15) is 19.7 Å². The molecule has 0 aliphatic carbocycles. The number of carbonyl (C=O) groups is 2. The van der Waals surface area contributed by atoms with Gasteiger partial charge in [-0.05, 0) is 33.3 Å². The molecule has 0 N–H and O–H groups in total. The SMILES string of the molecule is CCOC(=O)C1C(C)=NC(C)=C(C(=O)OC2(CC)OC(C)O2)C1c1cccc([N+](=O)[O-])c1. The Bertz CT molecular complexity index is 993. The molecule has 0 saturated carbocycles. The van der Waals surface area contributed by atoms with Gasteiger partial charge < -0.3 is 9.47 Å². The van der Waals surface area contributed by atoms with Gasteiger partial charge >= 0.3 is 17.9 Å². The minimum atomic E-state index is -1.52. The number of aliphatic imine (C=N–C) groups is 1. The van der Waals surface area contributed by atoms with Crippen molar-refractivity contribution in [1.29, 1.82) is 0 Å². The molecule has 0 bridgehead atoms. The Morgan fingerprint density at radius 2 is 1.94 bits per heavy atom. The van der Waals surface area contributed by atoms with Crippen molar-refractivity contribution in [2.24, 2.45) is 10.9 Å². The maximum atomic E-state index is 13.3. The highest BCUT2D eigenvalue weighted by Gasteiger charge is 2.50. The van der Waals surface area contributed by atoms with E-state index in [1.807, 2.05) is 0 Å². The van der Waals surface area contributed by atoms with Crippen LogP contribution in [0.1, 0.15) is 52.5 Å². The quantitative estimate of drug-likeness (QED) is 0.353. The molecule has 2 aliphatic heterocycles. The molecule has 32 heavy (non-hydrogen) atoms. The van der Waals surface area contributed by atoms with Gasteiger partial charge in [0.2, 0.25) is 0 Å². The zero-order valence-electron chi connectivity index (χ0n) is 18.6. The fourth-order valence-corrected chi connectivity index (χ4v) is 4.03. The van der Waals surface area contributed by atoms with Crippen LogP contribution in [0.4, 0.5) is 5.69 Å². The summed E-state index contributed by atoms with van der Waals surface area (Å²) in [6, 6.07) is 5.80. The van der Waals surface area contributed by atoms with Gasteiger partial charge in [0.1, 0.15) is 5.92 Å². The number of nitrogens with zero attached hydrogens (tertiary/aromatic N) is 2. The number of hydrogen-bond donors (Lipinski definition) is 0. The van der Waals surface area contributed by atoms with Gasteiger partial charge in [0.15, 0.2) is 6.29 Å². The van der Waals surface area contributed by atoms with Gasteiger partial charge in [-0.2, -0.15) is 0 Å². The lowest BCUT2D eigenvalue weighted by molar-refractivity contribution is -0.523. The van der Waals surface area contributed by atoms with E-state index in [1.165, 1.54) is 18.2 Å². The molecular weight excluding hydrogens is 420 g/mol. The monoisotopic (exact) mass is 446 g/mol. The van der Waals surface area contributed by atoms with E-state index in [2.05, 4.69) is 4.99 Å². The molecule has 10 nitrogen and oxygen atoms in total. The first-order valence-corrected chi connectivity index (χ1v) is 10.4. The van der Waals surface area contributed by atoms with Crippen LogP contribution < -0.4 is 0 Å².